The fourth-order valence-corrected chi connectivity index (χ4v) is 3.73. The number of rotatable bonds is 6. The number of ether oxygens (including phenoxy) is 2. The number of amides is 1. The van der Waals surface area contributed by atoms with E-state index in [0.717, 1.165) is 19.6 Å². The lowest BCUT2D eigenvalue weighted by Gasteiger charge is -2.32. The minimum Gasteiger partial charge on any atom is -0.496 e. The summed E-state index contributed by atoms with van der Waals surface area (Å²) >= 11 is 7.73. The van der Waals surface area contributed by atoms with Gasteiger partial charge in [-0.05, 0) is 28.5 Å². The molecule has 0 aliphatic carbocycles. The Labute approximate surface area is 161 Å². The van der Waals surface area contributed by atoms with Crippen LogP contribution in [-0.4, -0.2) is 50.3 Å². The predicted octanol–water partition coefficient (Wildman–Crippen LogP) is 2.62. The van der Waals surface area contributed by atoms with Crippen LogP contribution in [0.1, 0.15) is 15.9 Å². The van der Waals surface area contributed by atoms with Crippen LogP contribution in [0.15, 0.2) is 29.0 Å². The first kappa shape index (κ1) is 19.0. The molecule has 26 heavy (non-hydrogen) atoms. The highest BCUT2D eigenvalue weighted by molar-refractivity contribution is 7.07. The lowest BCUT2D eigenvalue weighted by Crippen LogP contribution is -2.47. The number of thiophene rings is 1. The van der Waals surface area contributed by atoms with Crippen LogP contribution < -0.4 is 15.8 Å². The second-order valence-electron chi connectivity index (χ2n) is 6.14. The third kappa shape index (κ3) is 4.67. The van der Waals surface area contributed by atoms with Gasteiger partial charge in [0, 0.05) is 32.2 Å². The monoisotopic (exact) mass is 395 g/mol. The second kappa shape index (κ2) is 8.73. The third-order valence-corrected chi connectivity index (χ3v) is 5.32. The molecule has 2 aromatic rings. The van der Waals surface area contributed by atoms with Crippen LogP contribution in [0, 0.1) is 0 Å². The van der Waals surface area contributed by atoms with Crippen LogP contribution >= 0.6 is 22.9 Å². The van der Waals surface area contributed by atoms with Crippen LogP contribution in [-0.2, 0) is 11.3 Å². The Bertz CT molecular complexity index is 754. The summed E-state index contributed by atoms with van der Waals surface area (Å²) in [5.41, 5.74) is 7.80. The summed E-state index contributed by atoms with van der Waals surface area (Å²) in [5.74, 6) is 0.135. The normalized spacial score (nSPS) is 17.8. The van der Waals surface area contributed by atoms with Gasteiger partial charge >= 0.3 is 0 Å². The number of anilines is 1. The number of nitrogens with zero attached hydrogens (tertiary/aromatic N) is 1. The molecule has 1 amide bonds. The van der Waals surface area contributed by atoms with Crippen LogP contribution in [0.2, 0.25) is 5.02 Å². The highest BCUT2D eigenvalue weighted by Gasteiger charge is 2.22. The summed E-state index contributed by atoms with van der Waals surface area (Å²) in [6.45, 7) is 3.64. The first-order valence-electron chi connectivity index (χ1n) is 8.33. The Balaban J connectivity index is 1.56. The van der Waals surface area contributed by atoms with Gasteiger partial charge in [0.05, 0.1) is 36.1 Å². The molecule has 1 unspecified atom stereocenters. The molecule has 1 aliphatic rings. The molecule has 8 heteroatoms. The number of benzene rings is 1. The Morgan fingerprint density at radius 1 is 1.54 bits per heavy atom. The maximum absolute atomic E-state index is 12.5. The van der Waals surface area contributed by atoms with E-state index in [1.807, 2.05) is 0 Å². The SMILES string of the molecule is COc1cc(N)c(Cl)cc1C(=O)NCC1CN(Cc2ccsc2)CCO1. The molecular formula is C18H22ClN3O3S. The van der Waals surface area contributed by atoms with Gasteiger partial charge in [0.1, 0.15) is 5.75 Å². The molecule has 0 saturated carbocycles. The molecule has 3 N–H and O–H groups in total. The fourth-order valence-electron chi connectivity index (χ4n) is 2.91. The van der Waals surface area contributed by atoms with Crippen molar-refractivity contribution in [2.75, 3.05) is 39.1 Å². The second-order valence-corrected chi connectivity index (χ2v) is 7.33. The molecule has 0 bridgehead atoms. The summed E-state index contributed by atoms with van der Waals surface area (Å²) in [5, 5.41) is 7.47. The lowest BCUT2D eigenvalue weighted by molar-refractivity contribution is -0.0292. The van der Waals surface area contributed by atoms with Gasteiger partial charge < -0.3 is 20.5 Å². The minimum absolute atomic E-state index is 0.0541. The van der Waals surface area contributed by atoms with Crippen molar-refractivity contribution >= 4 is 34.5 Å². The average molecular weight is 396 g/mol. The van der Waals surface area contributed by atoms with E-state index in [1.54, 1.807) is 17.4 Å². The molecule has 1 atom stereocenters. The number of carbonyl (C=O) groups is 1. The van der Waals surface area contributed by atoms with Gasteiger partial charge in [0.15, 0.2) is 0 Å². The van der Waals surface area contributed by atoms with Crippen LogP contribution in [0.5, 0.6) is 5.75 Å². The van der Waals surface area contributed by atoms with Gasteiger partial charge in [-0.25, -0.2) is 0 Å². The zero-order valence-corrected chi connectivity index (χ0v) is 16.1. The van der Waals surface area contributed by atoms with Crippen LogP contribution in [0.25, 0.3) is 0 Å². The zero-order chi connectivity index (χ0) is 18.5. The summed E-state index contributed by atoms with van der Waals surface area (Å²) in [6, 6.07) is 5.21. The third-order valence-electron chi connectivity index (χ3n) is 4.26. The lowest BCUT2D eigenvalue weighted by atomic mass is 10.1. The number of hydrogen-bond acceptors (Lipinski definition) is 6. The molecule has 1 aromatic heterocycles. The smallest absolute Gasteiger partial charge is 0.255 e. The molecule has 1 aliphatic heterocycles. The number of morpholine rings is 1. The van der Waals surface area contributed by atoms with Crippen molar-refractivity contribution in [3.05, 3.63) is 45.1 Å². The van der Waals surface area contributed by atoms with E-state index in [2.05, 4.69) is 27.0 Å². The van der Waals surface area contributed by atoms with E-state index < -0.39 is 0 Å². The van der Waals surface area contributed by atoms with E-state index in [4.69, 9.17) is 26.8 Å². The van der Waals surface area contributed by atoms with Gasteiger partial charge in [-0.3, -0.25) is 9.69 Å². The predicted molar refractivity (Wildman–Crippen MR) is 104 cm³/mol. The number of nitrogens with two attached hydrogens (primary N) is 1. The maximum atomic E-state index is 12.5. The number of nitrogens with one attached hydrogen (secondary N) is 1. The number of nitrogen functional groups attached to an aromatic ring is 1. The molecule has 1 aromatic carbocycles. The van der Waals surface area contributed by atoms with E-state index in [0.29, 0.717) is 35.2 Å². The maximum Gasteiger partial charge on any atom is 0.255 e. The Kier molecular flexibility index (Phi) is 6.37. The molecule has 1 fully saturated rings. The van der Waals surface area contributed by atoms with Gasteiger partial charge in [0.2, 0.25) is 0 Å². The van der Waals surface area contributed by atoms with Gasteiger partial charge in [-0.1, -0.05) is 11.6 Å². The molecule has 3 rings (SSSR count). The van der Waals surface area contributed by atoms with E-state index in [1.165, 1.54) is 18.7 Å². The molecule has 6 nitrogen and oxygen atoms in total. The van der Waals surface area contributed by atoms with Crippen molar-refractivity contribution in [3.8, 4) is 5.75 Å². The molecule has 0 radical (unpaired) electrons. The van der Waals surface area contributed by atoms with Crippen molar-refractivity contribution in [2.45, 2.75) is 12.6 Å². The summed E-state index contributed by atoms with van der Waals surface area (Å²) in [6.07, 6.45) is -0.0541. The summed E-state index contributed by atoms with van der Waals surface area (Å²) < 4.78 is 11.0. The highest BCUT2D eigenvalue weighted by Crippen LogP contribution is 2.28. The van der Waals surface area contributed by atoms with Crippen molar-refractivity contribution in [1.29, 1.82) is 0 Å². The number of hydrogen-bond donors (Lipinski definition) is 2. The van der Waals surface area contributed by atoms with E-state index >= 15 is 0 Å². The van der Waals surface area contributed by atoms with Crippen molar-refractivity contribution in [2.24, 2.45) is 0 Å². The minimum atomic E-state index is -0.262. The number of carbonyl (C=O) groups excluding carboxylic acids is 1. The van der Waals surface area contributed by atoms with Crippen molar-refractivity contribution in [3.63, 3.8) is 0 Å². The van der Waals surface area contributed by atoms with Crippen molar-refractivity contribution in [1.82, 2.24) is 10.2 Å². The number of methoxy groups -OCH3 is 1. The quantitative estimate of drug-likeness (QED) is 0.735. The first-order valence-corrected chi connectivity index (χ1v) is 9.65. The summed E-state index contributed by atoms with van der Waals surface area (Å²) in [7, 11) is 1.49. The number of halogens is 1. The molecule has 2 heterocycles. The Hall–Kier alpha value is -1.80. The van der Waals surface area contributed by atoms with Gasteiger partial charge in [0.25, 0.3) is 5.91 Å². The van der Waals surface area contributed by atoms with Gasteiger partial charge in [-0.2, -0.15) is 11.3 Å². The zero-order valence-electron chi connectivity index (χ0n) is 14.5. The molecule has 140 valence electrons. The Morgan fingerprint density at radius 3 is 3.12 bits per heavy atom. The topological polar surface area (TPSA) is 76.8 Å². The average Bonchev–Trinajstić information content (AvgIpc) is 3.15. The molecule has 1 saturated heterocycles. The van der Waals surface area contributed by atoms with E-state index in [-0.39, 0.29) is 12.0 Å². The standard InChI is InChI=1S/C18H22ClN3O3S/c1-24-17-7-16(20)15(19)6-14(17)18(23)21-8-13-10-22(3-4-25-13)9-12-2-5-26-11-12/h2,5-7,11,13H,3-4,8-10,20H2,1H3,(H,21,23). The fraction of sp³-hybridized carbons (Fsp3) is 0.389. The van der Waals surface area contributed by atoms with Gasteiger partial charge in [-0.15, -0.1) is 0 Å². The molecule has 0 spiro atoms. The summed E-state index contributed by atoms with van der Waals surface area (Å²) in [4.78, 5) is 14.8. The van der Waals surface area contributed by atoms with Crippen LogP contribution in [0.4, 0.5) is 5.69 Å². The largest absolute Gasteiger partial charge is 0.496 e. The van der Waals surface area contributed by atoms with Crippen LogP contribution in [0.3, 0.4) is 0 Å². The van der Waals surface area contributed by atoms with E-state index in [9.17, 15) is 4.79 Å². The molecular weight excluding hydrogens is 374 g/mol. The first-order chi connectivity index (χ1) is 12.6. The highest BCUT2D eigenvalue weighted by atomic mass is 35.5. The van der Waals surface area contributed by atoms with Crippen molar-refractivity contribution < 1.29 is 14.3 Å². The Morgan fingerprint density at radius 2 is 2.38 bits per heavy atom.